The summed E-state index contributed by atoms with van der Waals surface area (Å²) in [7, 11) is 0. The molecule has 2 saturated heterocycles. The van der Waals surface area contributed by atoms with Crippen molar-refractivity contribution in [1.82, 2.24) is 4.90 Å². The third kappa shape index (κ3) is 2.43. The molecule has 0 bridgehead atoms. The molecular formula is C14H24N2OS. The van der Waals surface area contributed by atoms with Crippen molar-refractivity contribution in [2.45, 2.75) is 56.6 Å². The van der Waals surface area contributed by atoms with Gasteiger partial charge in [0, 0.05) is 18.6 Å². The molecule has 1 unspecified atom stereocenters. The van der Waals surface area contributed by atoms with Gasteiger partial charge in [0.15, 0.2) is 0 Å². The Bertz CT molecular complexity index is 322. The van der Waals surface area contributed by atoms with E-state index >= 15 is 0 Å². The van der Waals surface area contributed by atoms with Gasteiger partial charge in [-0.3, -0.25) is 0 Å². The maximum Gasteiger partial charge on any atom is 0.0759 e. The number of nitrogens with zero attached hydrogens (tertiary/aromatic N) is 1. The van der Waals surface area contributed by atoms with Crippen LogP contribution in [-0.2, 0) is 4.74 Å². The Morgan fingerprint density at radius 2 is 1.94 bits per heavy atom. The highest BCUT2D eigenvalue weighted by molar-refractivity contribution is 7.80. The van der Waals surface area contributed by atoms with Gasteiger partial charge in [-0.05, 0) is 58.0 Å². The molecule has 2 heterocycles. The molecule has 1 aliphatic carbocycles. The van der Waals surface area contributed by atoms with Crippen LogP contribution < -0.4 is 5.73 Å². The number of likely N-dealkylation sites (tertiary alicyclic amines) is 1. The van der Waals surface area contributed by atoms with Crippen LogP contribution in [0.1, 0.15) is 44.9 Å². The highest BCUT2D eigenvalue weighted by Crippen LogP contribution is 2.43. The Labute approximate surface area is 115 Å². The predicted octanol–water partition coefficient (Wildman–Crippen LogP) is 2.09. The van der Waals surface area contributed by atoms with Crippen molar-refractivity contribution in [2.75, 3.05) is 19.7 Å². The number of hydrogen-bond acceptors (Lipinski definition) is 3. The number of hydrogen-bond donors (Lipinski definition) is 1. The summed E-state index contributed by atoms with van der Waals surface area (Å²) >= 11 is 5.11. The molecule has 3 aliphatic rings. The first-order valence-electron chi connectivity index (χ1n) is 7.36. The minimum atomic E-state index is 0.267. The van der Waals surface area contributed by atoms with E-state index in [1.165, 1.54) is 45.2 Å². The van der Waals surface area contributed by atoms with Crippen molar-refractivity contribution in [2.24, 2.45) is 11.7 Å². The predicted molar refractivity (Wildman–Crippen MR) is 76.6 cm³/mol. The number of nitrogens with two attached hydrogens (primary N) is 1. The quantitative estimate of drug-likeness (QED) is 0.778. The van der Waals surface area contributed by atoms with E-state index in [1.807, 2.05) is 0 Å². The van der Waals surface area contributed by atoms with Crippen LogP contribution in [0.15, 0.2) is 0 Å². The summed E-state index contributed by atoms with van der Waals surface area (Å²) in [5.74, 6) is 0.480. The van der Waals surface area contributed by atoms with Crippen LogP contribution in [0.25, 0.3) is 0 Å². The molecule has 1 saturated carbocycles. The van der Waals surface area contributed by atoms with Crippen molar-refractivity contribution in [3.05, 3.63) is 0 Å². The summed E-state index contributed by atoms with van der Waals surface area (Å²) < 4.78 is 6.01. The van der Waals surface area contributed by atoms with E-state index in [0.717, 1.165) is 30.5 Å². The van der Waals surface area contributed by atoms with Gasteiger partial charge < -0.3 is 15.4 Å². The van der Waals surface area contributed by atoms with Crippen LogP contribution in [0.3, 0.4) is 0 Å². The SMILES string of the molecule is NC(=S)C1CCN(C2CCOC3(CCC3)C2)CC1. The van der Waals surface area contributed by atoms with Crippen molar-refractivity contribution < 1.29 is 4.74 Å². The smallest absolute Gasteiger partial charge is 0.0759 e. The van der Waals surface area contributed by atoms with Crippen molar-refractivity contribution in [3.63, 3.8) is 0 Å². The molecule has 0 radical (unpaired) electrons. The van der Waals surface area contributed by atoms with Gasteiger partial charge in [0.1, 0.15) is 0 Å². The molecule has 0 amide bonds. The third-order valence-electron chi connectivity index (χ3n) is 5.18. The molecule has 18 heavy (non-hydrogen) atoms. The number of piperidine rings is 1. The van der Waals surface area contributed by atoms with Crippen LogP contribution >= 0.6 is 12.2 Å². The van der Waals surface area contributed by atoms with Gasteiger partial charge in [0.25, 0.3) is 0 Å². The van der Waals surface area contributed by atoms with Gasteiger partial charge in [-0.15, -0.1) is 0 Å². The summed E-state index contributed by atoms with van der Waals surface area (Å²) in [5.41, 5.74) is 6.02. The third-order valence-corrected chi connectivity index (χ3v) is 5.51. The number of thiocarbonyl (C=S) groups is 1. The molecule has 3 fully saturated rings. The molecule has 102 valence electrons. The molecule has 1 atom stereocenters. The summed E-state index contributed by atoms with van der Waals surface area (Å²) in [6.07, 6.45) is 8.69. The number of ether oxygens (including phenoxy) is 1. The molecule has 0 aromatic heterocycles. The Hall–Kier alpha value is -0.190. The second-order valence-electron chi connectivity index (χ2n) is 6.24. The standard InChI is InChI=1S/C14H24N2OS/c15-13(18)11-2-7-16(8-3-11)12-4-9-17-14(10-12)5-1-6-14/h11-12H,1-10H2,(H2,15,18). The van der Waals surface area contributed by atoms with Crippen molar-refractivity contribution >= 4 is 17.2 Å². The van der Waals surface area contributed by atoms with E-state index < -0.39 is 0 Å². The monoisotopic (exact) mass is 268 g/mol. The zero-order chi connectivity index (χ0) is 12.6. The lowest BCUT2D eigenvalue weighted by Gasteiger charge is -2.50. The maximum atomic E-state index is 6.01. The molecule has 3 nitrogen and oxygen atoms in total. The molecular weight excluding hydrogens is 244 g/mol. The van der Waals surface area contributed by atoms with E-state index in [9.17, 15) is 0 Å². The van der Waals surface area contributed by atoms with Gasteiger partial charge in [-0.2, -0.15) is 0 Å². The first kappa shape index (κ1) is 12.8. The van der Waals surface area contributed by atoms with Gasteiger partial charge in [0.2, 0.25) is 0 Å². The summed E-state index contributed by atoms with van der Waals surface area (Å²) in [6, 6.07) is 0.742. The normalized spacial score (nSPS) is 33.2. The van der Waals surface area contributed by atoms with Crippen LogP contribution in [-0.4, -0.2) is 41.2 Å². The minimum absolute atomic E-state index is 0.267. The molecule has 3 rings (SSSR count). The minimum Gasteiger partial charge on any atom is -0.393 e. The fourth-order valence-electron chi connectivity index (χ4n) is 3.78. The number of rotatable bonds is 2. The highest BCUT2D eigenvalue weighted by atomic mass is 32.1. The van der Waals surface area contributed by atoms with E-state index in [0.29, 0.717) is 5.92 Å². The zero-order valence-electron chi connectivity index (χ0n) is 11.1. The van der Waals surface area contributed by atoms with E-state index in [4.69, 9.17) is 22.7 Å². The van der Waals surface area contributed by atoms with Crippen LogP contribution in [0, 0.1) is 5.92 Å². The molecule has 4 heteroatoms. The highest BCUT2D eigenvalue weighted by Gasteiger charge is 2.44. The summed E-state index contributed by atoms with van der Waals surface area (Å²) in [5, 5.41) is 0. The van der Waals surface area contributed by atoms with Crippen LogP contribution in [0.5, 0.6) is 0 Å². The molecule has 0 aromatic carbocycles. The Balaban J connectivity index is 1.54. The lowest BCUT2D eigenvalue weighted by Crippen LogP contribution is -2.53. The second kappa shape index (κ2) is 5.06. The van der Waals surface area contributed by atoms with Gasteiger partial charge in [0.05, 0.1) is 10.6 Å². The van der Waals surface area contributed by atoms with E-state index in [1.54, 1.807) is 0 Å². The Morgan fingerprint density at radius 3 is 2.50 bits per heavy atom. The van der Waals surface area contributed by atoms with Gasteiger partial charge in [-0.1, -0.05) is 12.2 Å². The lowest BCUT2D eigenvalue weighted by molar-refractivity contribution is -0.150. The lowest BCUT2D eigenvalue weighted by atomic mass is 9.73. The molecule has 2 aliphatic heterocycles. The van der Waals surface area contributed by atoms with Crippen molar-refractivity contribution in [1.29, 1.82) is 0 Å². The van der Waals surface area contributed by atoms with Gasteiger partial charge in [-0.25, -0.2) is 0 Å². The molecule has 0 aromatic rings. The topological polar surface area (TPSA) is 38.5 Å². The average molecular weight is 268 g/mol. The first-order chi connectivity index (χ1) is 8.69. The molecule has 1 spiro atoms. The van der Waals surface area contributed by atoms with Gasteiger partial charge >= 0.3 is 0 Å². The molecule has 2 N–H and O–H groups in total. The Morgan fingerprint density at radius 1 is 1.22 bits per heavy atom. The maximum absolute atomic E-state index is 6.01. The van der Waals surface area contributed by atoms with E-state index in [2.05, 4.69) is 4.90 Å². The fraction of sp³-hybridized carbons (Fsp3) is 0.929. The summed E-state index contributed by atoms with van der Waals surface area (Å²) in [6.45, 7) is 3.30. The zero-order valence-corrected chi connectivity index (χ0v) is 11.9. The second-order valence-corrected chi connectivity index (χ2v) is 6.72. The van der Waals surface area contributed by atoms with E-state index in [-0.39, 0.29) is 5.60 Å². The average Bonchev–Trinajstić information content (AvgIpc) is 2.37. The fourth-order valence-corrected chi connectivity index (χ4v) is 4.02. The van der Waals surface area contributed by atoms with Crippen LogP contribution in [0.2, 0.25) is 0 Å². The Kier molecular flexibility index (Phi) is 3.61. The largest absolute Gasteiger partial charge is 0.393 e. The van der Waals surface area contributed by atoms with Crippen LogP contribution in [0.4, 0.5) is 0 Å². The summed E-state index contributed by atoms with van der Waals surface area (Å²) in [4.78, 5) is 3.38. The first-order valence-corrected chi connectivity index (χ1v) is 7.77. The van der Waals surface area contributed by atoms with Crippen molar-refractivity contribution in [3.8, 4) is 0 Å².